The first kappa shape index (κ1) is 16.1. The molecule has 0 spiro atoms. The number of benzene rings is 1. The van der Waals surface area contributed by atoms with Crippen molar-refractivity contribution in [3.05, 3.63) is 60.3 Å². The van der Waals surface area contributed by atoms with Crippen molar-refractivity contribution in [3.63, 3.8) is 0 Å². The van der Waals surface area contributed by atoms with Crippen LogP contribution in [0.5, 0.6) is 0 Å². The normalized spacial score (nSPS) is 12.0. The van der Waals surface area contributed by atoms with Crippen LogP contribution in [0.25, 0.3) is 5.69 Å². The van der Waals surface area contributed by atoms with Crippen LogP contribution in [0, 0.1) is 0 Å². The Labute approximate surface area is 140 Å². The van der Waals surface area contributed by atoms with E-state index >= 15 is 0 Å². The van der Waals surface area contributed by atoms with Gasteiger partial charge in [-0.15, -0.1) is 5.10 Å². The molecule has 1 unspecified atom stereocenters. The summed E-state index contributed by atoms with van der Waals surface area (Å²) in [5.74, 6) is 0.738. The van der Waals surface area contributed by atoms with E-state index in [1.54, 1.807) is 12.1 Å². The minimum atomic E-state index is -1.42. The zero-order valence-corrected chi connectivity index (χ0v) is 13.5. The molecule has 1 N–H and O–H groups in total. The molecule has 3 aromatic rings. The van der Waals surface area contributed by atoms with E-state index in [4.69, 9.17) is 4.42 Å². The van der Waals surface area contributed by atoms with Gasteiger partial charge < -0.3 is 9.73 Å². The highest BCUT2D eigenvalue weighted by molar-refractivity contribution is 7.84. The molecule has 0 aliphatic carbocycles. The number of tetrazole rings is 1. The fourth-order valence-electron chi connectivity index (χ4n) is 2.06. The van der Waals surface area contributed by atoms with Crippen molar-refractivity contribution >= 4 is 16.7 Å². The highest BCUT2D eigenvalue weighted by atomic mass is 32.2. The number of carbonyl (C=O) groups is 1. The number of furan rings is 1. The van der Waals surface area contributed by atoms with Crippen LogP contribution in [0.4, 0.5) is 0 Å². The zero-order valence-electron chi connectivity index (χ0n) is 12.7. The maximum Gasteiger partial charge on any atom is 0.233 e. The molecule has 0 saturated carbocycles. The molecule has 1 atom stereocenters. The van der Waals surface area contributed by atoms with Gasteiger partial charge in [0.15, 0.2) is 5.82 Å². The molecule has 0 fully saturated rings. The molecule has 24 heavy (non-hydrogen) atoms. The second kappa shape index (κ2) is 7.64. The maximum absolute atomic E-state index is 12.2. The number of carbonyl (C=O) groups excluding carboxylic acids is 1. The Morgan fingerprint density at radius 2 is 2.04 bits per heavy atom. The lowest BCUT2D eigenvalue weighted by molar-refractivity contribution is -0.118. The van der Waals surface area contributed by atoms with Crippen molar-refractivity contribution in [1.82, 2.24) is 25.5 Å². The average Bonchev–Trinajstić information content (AvgIpc) is 3.25. The summed E-state index contributed by atoms with van der Waals surface area (Å²) in [6, 6.07) is 12.8. The number of nitrogens with one attached hydrogen (secondary N) is 1. The minimum Gasteiger partial charge on any atom is -0.467 e. The second-order valence-electron chi connectivity index (χ2n) is 4.93. The topological polar surface area (TPSA) is 103 Å². The van der Waals surface area contributed by atoms with E-state index in [0.717, 1.165) is 5.69 Å². The van der Waals surface area contributed by atoms with E-state index in [2.05, 4.69) is 20.8 Å². The molecule has 0 aliphatic rings. The Bertz CT molecular complexity index is 817. The molecule has 1 aromatic carbocycles. The zero-order chi connectivity index (χ0) is 16.8. The van der Waals surface area contributed by atoms with Crippen molar-refractivity contribution in [2.24, 2.45) is 0 Å². The van der Waals surface area contributed by atoms with Gasteiger partial charge in [0.2, 0.25) is 5.91 Å². The molecule has 0 radical (unpaired) electrons. The highest BCUT2D eigenvalue weighted by Gasteiger charge is 2.14. The van der Waals surface area contributed by atoms with Gasteiger partial charge in [0.1, 0.15) is 11.5 Å². The largest absolute Gasteiger partial charge is 0.467 e. The Kier molecular flexibility index (Phi) is 5.12. The number of nitrogens with zero attached hydrogens (tertiary/aromatic N) is 4. The number of para-hydroxylation sites is 1. The van der Waals surface area contributed by atoms with Gasteiger partial charge in [-0.1, -0.05) is 18.2 Å². The SMILES string of the molecule is O=C(CS(=O)Cc1nnnn1-c1ccccc1)NCc1ccco1. The number of amides is 1. The maximum atomic E-state index is 12.2. The molecule has 8 nitrogen and oxygen atoms in total. The molecule has 124 valence electrons. The van der Waals surface area contributed by atoms with E-state index in [1.165, 1.54) is 10.9 Å². The number of hydrogen-bond acceptors (Lipinski definition) is 6. The van der Waals surface area contributed by atoms with Crippen molar-refractivity contribution in [3.8, 4) is 5.69 Å². The first-order valence-electron chi connectivity index (χ1n) is 7.19. The lowest BCUT2D eigenvalue weighted by atomic mass is 10.3. The number of aromatic nitrogens is 4. The molecular formula is C15H15N5O3S. The van der Waals surface area contributed by atoms with Gasteiger partial charge in [-0.25, -0.2) is 0 Å². The molecule has 0 bridgehead atoms. The van der Waals surface area contributed by atoms with Gasteiger partial charge in [0.05, 0.1) is 24.2 Å². The van der Waals surface area contributed by atoms with Crippen LogP contribution in [0.1, 0.15) is 11.6 Å². The van der Waals surface area contributed by atoms with Gasteiger partial charge in [-0.3, -0.25) is 9.00 Å². The highest BCUT2D eigenvalue weighted by Crippen LogP contribution is 2.08. The molecule has 3 rings (SSSR count). The van der Waals surface area contributed by atoms with E-state index < -0.39 is 10.8 Å². The monoisotopic (exact) mass is 345 g/mol. The van der Waals surface area contributed by atoms with Crippen LogP contribution in [-0.4, -0.2) is 36.1 Å². The predicted molar refractivity (Wildman–Crippen MR) is 86.4 cm³/mol. The van der Waals surface area contributed by atoms with E-state index in [9.17, 15) is 9.00 Å². The lowest BCUT2D eigenvalue weighted by Gasteiger charge is -2.05. The Balaban J connectivity index is 1.56. The summed E-state index contributed by atoms with van der Waals surface area (Å²) in [7, 11) is -1.42. The first-order valence-corrected chi connectivity index (χ1v) is 8.68. The van der Waals surface area contributed by atoms with Crippen LogP contribution in [0.3, 0.4) is 0 Å². The van der Waals surface area contributed by atoms with Crippen LogP contribution in [-0.2, 0) is 27.9 Å². The van der Waals surface area contributed by atoms with Crippen molar-refractivity contribution < 1.29 is 13.4 Å². The molecule has 0 saturated heterocycles. The van der Waals surface area contributed by atoms with Crippen LogP contribution in [0.2, 0.25) is 0 Å². The van der Waals surface area contributed by atoms with Crippen molar-refractivity contribution in [2.45, 2.75) is 12.3 Å². The van der Waals surface area contributed by atoms with Crippen LogP contribution in [0.15, 0.2) is 53.1 Å². The molecule has 2 heterocycles. The fraction of sp³-hybridized carbons (Fsp3) is 0.200. The predicted octanol–water partition coefficient (Wildman–Crippen LogP) is 0.820. The van der Waals surface area contributed by atoms with E-state index in [0.29, 0.717) is 11.6 Å². The van der Waals surface area contributed by atoms with Gasteiger partial charge >= 0.3 is 0 Å². The summed E-state index contributed by atoms with van der Waals surface area (Å²) in [6.45, 7) is 0.269. The second-order valence-corrected chi connectivity index (χ2v) is 6.38. The quantitative estimate of drug-likeness (QED) is 0.680. The molecule has 1 amide bonds. The summed E-state index contributed by atoms with van der Waals surface area (Å²) in [6.07, 6.45) is 1.53. The molecule has 0 aliphatic heterocycles. The molecular weight excluding hydrogens is 330 g/mol. The van der Waals surface area contributed by atoms with Gasteiger partial charge in [0.25, 0.3) is 0 Å². The summed E-state index contributed by atoms with van der Waals surface area (Å²) in [5, 5.41) is 14.1. The lowest BCUT2D eigenvalue weighted by Crippen LogP contribution is -2.28. The smallest absolute Gasteiger partial charge is 0.233 e. The van der Waals surface area contributed by atoms with Gasteiger partial charge in [-0.2, -0.15) is 4.68 Å². The van der Waals surface area contributed by atoms with Gasteiger partial charge in [0, 0.05) is 10.8 Å². The Morgan fingerprint density at radius 3 is 2.79 bits per heavy atom. The minimum absolute atomic E-state index is 0.0933. The standard InChI is InChI=1S/C15H15N5O3S/c21-15(16-9-13-7-4-8-23-13)11-24(22)10-14-17-18-19-20(14)12-5-2-1-3-6-12/h1-8H,9-11H2,(H,16,21). The van der Waals surface area contributed by atoms with Crippen LogP contribution >= 0.6 is 0 Å². The van der Waals surface area contributed by atoms with E-state index in [-0.39, 0.29) is 24.0 Å². The molecule has 9 heteroatoms. The molecule has 2 aromatic heterocycles. The number of rotatable bonds is 7. The van der Waals surface area contributed by atoms with Crippen molar-refractivity contribution in [2.75, 3.05) is 5.75 Å². The number of hydrogen-bond donors (Lipinski definition) is 1. The van der Waals surface area contributed by atoms with Crippen molar-refractivity contribution in [1.29, 1.82) is 0 Å². The van der Waals surface area contributed by atoms with Crippen LogP contribution < -0.4 is 5.32 Å². The van der Waals surface area contributed by atoms with Gasteiger partial charge in [-0.05, 0) is 34.7 Å². The summed E-state index contributed by atoms with van der Waals surface area (Å²) in [4.78, 5) is 11.8. The third kappa shape index (κ3) is 4.13. The third-order valence-corrected chi connectivity index (χ3v) is 4.32. The summed E-state index contributed by atoms with van der Waals surface area (Å²) >= 11 is 0. The first-order chi connectivity index (χ1) is 11.7. The third-order valence-electron chi connectivity index (χ3n) is 3.16. The van der Waals surface area contributed by atoms with E-state index in [1.807, 2.05) is 30.3 Å². The summed E-state index contributed by atoms with van der Waals surface area (Å²) in [5.41, 5.74) is 0.775. The fourth-order valence-corrected chi connectivity index (χ4v) is 3.02. The Hall–Kier alpha value is -2.81. The summed E-state index contributed by atoms with van der Waals surface area (Å²) < 4.78 is 18.8. The average molecular weight is 345 g/mol. The Morgan fingerprint density at radius 1 is 1.21 bits per heavy atom.